The highest BCUT2D eigenvalue weighted by Crippen LogP contribution is 2.35. The molecule has 0 saturated heterocycles. The summed E-state index contributed by atoms with van der Waals surface area (Å²) in [6, 6.07) is 0.336. The van der Waals surface area contributed by atoms with Gasteiger partial charge in [-0.2, -0.15) is 0 Å². The van der Waals surface area contributed by atoms with Crippen LogP contribution in [0.4, 0.5) is 5.82 Å². The minimum Gasteiger partial charge on any atom is -0.396 e. The van der Waals surface area contributed by atoms with Crippen molar-refractivity contribution >= 4 is 27.4 Å². The molecule has 0 radical (unpaired) electrons. The van der Waals surface area contributed by atoms with Gasteiger partial charge >= 0.3 is 0 Å². The van der Waals surface area contributed by atoms with E-state index in [4.69, 9.17) is 0 Å². The first kappa shape index (κ1) is 12.8. The second kappa shape index (κ2) is 5.06. The molecule has 1 fully saturated rings. The van der Waals surface area contributed by atoms with Gasteiger partial charge in [0.1, 0.15) is 17.0 Å². The lowest BCUT2D eigenvalue weighted by Gasteiger charge is -2.20. The second-order valence-electron chi connectivity index (χ2n) is 5.31. The summed E-state index contributed by atoms with van der Waals surface area (Å²) in [5, 5.41) is 14.1. The van der Waals surface area contributed by atoms with E-state index in [1.165, 1.54) is 16.9 Å². The lowest BCUT2D eigenvalue weighted by molar-refractivity contribution is 0.222. The lowest BCUT2D eigenvalue weighted by Crippen LogP contribution is -2.26. The average Bonchev–Trinajstić information content (AvgIpc) is 2.96. The third-order valence-corrected chi connectivity index (χ3v) is 5.30. The Kier molecular flexibility index (Phi) is 3.41. The van der Waals surface area contributed by atoms with Gasteiger partial charge in [-0.1, -0.05) is 6.42 Å². The van der Waals surface area contributed by atoms with Crippen molar-refractivity contribution in [1.82, 2.24) is 9.97 Å². The second-order valence-corrected chi connectivity index (χ2v) is 6.51. The summed E-state index contributed by atoms with van der Waals surface area (Å²) < 4.78 is 0. The predicted molar refractivity (Wildman–Crippen MR) is 78.7 cm³/mol. The number of nitrogens with zero attached hydrogens (tertiary/aromatic N) is 2. The fraction of sp³-hybridized carbons (Fsp3) is 0.571. The molecule has 2 heterocycles. The molecule has 1 saturated carbocycles. The van der Waals surface area contributed by atoms with Gasteiger partial charge in [-0.05, 0) is 32.3 Å². The molecule has 2 N–H and O–H groups in total. The normalized spacial score (nSPS) is 23.1. The summed E-state index contributed by atoms with van der Waals surface area (Å²) in [6.45, 7) is 4.51. The summed E-state index contributed by atoms with van der Waals surface area (Å²) in [5.74, 6) is 1.28. The van der Waals surface area contributed by atoms with Crippen LogP contribution in [-0.4, -0.2) is 27.7 Å². The smallest absolute Gasteiger partial charge is 0.138 e. The van der Waals surface area contributed by atoms with Crippen LogP contribution in [0.5, 0.6) is 0 Å². The van der Waals surface area contributed by atoms with E-state index in [1.807, 2.05) is 0 Å². The van der Waals surface area contributed by atoms with E-state index in [-0.39, 0.29) is 6.61 Å². The minimum absolute atomic E-state index is 0.257. The van der Waals surface area contributed by atoms with E-state index < -0.39 is 0 Å². The molecule has 0 spiro atoms. The molecule has 0 aliphatic heterocycles. The number of aliphatic hydroxyl groups is 1. The SMILES string of the molecule is Cc1sc2ncnc(NC3CCCC3CO)c2c1C. The number of anilines is 1. The van der Waals surface area contributed by atoms with Crippen LogP contribution in [0.2, 0.25) is 0 Å². The zero-order chi connectivity index (χ0) is 13.4. The number of aryl methyl sites for hydroxylation is 2. The van der Waals surface area contributed by atoms with Crippen LogP contribution in [-0.2, 0) is 0 Å². The Morgan fingerprint density at radius 1 is 1.37 bits per heavy atom. The van der Waals surface area contributed by atoms with Crippen LogP contribution in [0.1, 0.15) is 29.7 Å². The highest BCUT2D eigenvalue weighted by atomic mass is 32.1. The zero-order valence-corrected chi connectivity index (χ0v) is 12.1. The summed E-state index contributed by atoms with van der Waals surface area (Å²) in [6.07, 6.45) is 5.02. The van der Waals surface area contributed by atoms with Gasteiger partial charge in [0.25, 0.3) is 0 Å². The molecule has 3 rings (SSSR count). The Labute approximate surface area is 116 Å². The maximum absolute atomic E-state index is 9.42. The van der Waals surface area contributed by atoms with Crippen LogP contribution in [0.3, 0.4) is 0 Å². The number of hydrogen-bond acceptors (Lipinski definition) is 5. The first-order chi connectivity index (χ1) is 9.20. The van der Waals surface area contributed by atoms with Gasteiger partial charge in [-0.25, -0.2) is 9.97 Å². The Bertz CT molecular complexity index is 596. The van der Waals surface area contributed by atoms with Crippen molar-refractivity contribution < 1.29 is 5.11 Å². The fourth-order valence-electron chi connectivity index (χ4n) is 2.91. The number of aliphatic hydroxyl groups excluding tert-OH is 1. The maximum Gasteiger partial charge on any atom is 0.138 e. The number of fused-ring (bicyclic) bond motifs is 1. The first-order valence-corrected chi connectivity index (χ1v) is 7.60. The van der Waals surface area contributed by atoms with E-state index >= 15 is 0 Å². The number of nitrogens with one attached hydrogen (secondary N) is 1. The molecule has 0 aromatic carbocycles. The lowest BCUT2D eigenvalue weighted by atomic mass is 10.0. The van der Waals surface area contributed by atoms with Crippen molar-refractivity contribution in [3.8, 4) is 0 Å². The maximum atomic E-state index is 9.42. The van der Waals surface area contributed by atoms with Gasteiger partial charge in [-0.15, -0.1) is 11.3 Å². The van der Waals surface area contributed by atoms with Crippen molar-refractivity contribution in [3.63, 3.8) is 0 Å². The predicted octanol–water partition coefficient (Wildman–Crippen LogP) is 2.88. The van der Waals surface area contributed by atoms with Gasteiger partial charge in [0.15, 0.2) is 0 Å². The molecular formula is C14H19N3OS. The van der Waals surface area contributed by atoms with Crippen LogP contribution in [0.15, 0.2) is 6.33 Å². The fourth-order valence-corrected chi connectivity index (χ4v) is 3.91. The highest BCUT2D eigenvalue weighted by Gasteiger charge is 2.27. The first-order valence-electron chi connectivity index (χ1n) is 6.78. The quantitative estimate of drug-likeness (QED) is 0.905. The van der Waals surface area contributed by atoms with Gasteiger partial charge in [-0.3, -0.25) is 0 Å². The number of thiophene rings is 1. The molecular weight excluding hydrogens is 258 g/mol. The summed E-state index contributed by atoms with van der Waals surface area (Å²) in [5.41, 5.74) is 1.27. The third-order valence-electron chi connectivity index (χ3n) is 4.18. The molecule has 2 aromatic rings. The molecule has 1 aliphatic carbocycles. The van der Waals surface area contributed by atoms with Gasteiger partial charge in [0.05, 0.1) is 5.39 Å². The molecule has 2 atom stereocenters. The van der Waals surface area contributed by atoms with E-state index in [9.17, 15) is 5.11 Å². The van der Waals surface area contributed by atoms with Crippen molar-refractivity contribution in [1.29, 1.82) is 0 Å². The largest absolute Gasteiger partial charge is 0.396 e. The van der Waals surface area contributed by atoms with Gasteiger partial charge in [0, 0.05) is 23.4 Å². The van der Waals surface area contributed by atoms with Gasteiger partial charge in [0.2, 0.25) is 0 Å². The summed E-state index contributed by atoms with van der Waals surface area (Å²) in [4.78, 5) is 11.1. The topological polar surface area (TPSA) is 58.0 Å². The van der Waals surface area contributed by atoms with Crippen LogP contribution < -0.4 is 5.32 Å². The van der Waals surface area contributed by atoms with E-state index in [2.05, 4.69) is 29.1 Å². The highest BCUT2D eigenvalue weighted by molar-refractivity contribution is 7.18. The Morgan fingerprint density at radius 3 is 3.00 bits per heavy atom. The average molecular weight is 277 g/mol. The third kappa shape index (κ3) is 2.21. The zero-order valence-electron chi connectivity index (χ0n) is 11.3. The molecule has 2 unspecified atom stereocenters. The molecule has 2 aromatic heterocycles. The molecule has 5 heteroatoms. The molecule has 0 bridgehead atoms. The van der Waals surface area contributed by atoms with Crippen molar-refractivity contribution in [3.05, 3.63) is 16.8 Å². The van der Waals surface area contributed by atoms with E-state index in [1.54, 1.807) is 17.7 Å². The Morgan fingerprint density at radius 2 is 2.21 bits per heavy atom. The molecule has 19 heavy (non-hydrogen) atoms. The summed E-state index contributed by atoms with van der Waals surface area (Å²) >= 11 is 1.72. The molecule has 1 aliphatic rings. The monoisotopic (exact) mass is 277 g/mol. The number of rotatable bonds is 3. The minimum atomic E-state index is 0.257. The van der Waals surface area contributed by atoms with Crippen molar-refractivity contribution in [2.24, 2.45) is 5.92 Å². The summed E-state index contributed by atoms with van der Waals surface area (Å²) in [7, 11) is 0. The van der Waals surface area contributed by atoms with Crippen molar-refractivity contribution in [2.45, 2.75) is 39.2 Å². The molecule has 4 nitrogen and oxygen atoms in total. The Hall–Kier alpha value is -1.20. The van der Waals surface area contributed by atoms with E-state index in [0.717, 1.165) is 28.9 Å². The van der Waals surface area contributed by atoms with Gasteiger partial charge < -0.3 is 10.4 Å². The van der Waals surface area contributed by atoms with Crippen LogP contribution in [0, 0.1) is 19.8 Å². The Balaban J connectivity index is 1.96. The van der Waals surface area contributed by atoms with Crippen LogP contribution >= 0.6 is 11.3 Å². The van der Waals surface area contributed by atoms with E-state index in [0.29, 0.717) is 12.0 Å². The van der Waals surface area contributed by atoms with Crippen molar-refractivity contribution in [2.75, 3.05) is 11.9 Å². The number of aromatic nitrogens is 2. The molecule has 102 valence electrons. The van der Waals surface area contributed by atoms with Crippen LogP contribution in [0.25, 0.3) is 10.2 Å². The number of hydrogen-bond donors (Lipinski definition) is 2. The standard InChI is InChI=1S/C14H19N3OS/c1-8-9(2)19-14-12(8)13(15-7-16-14)17-11-5-3-4-10(11)6-18/h7,10-11,18H,3-6H2,1-2H3,(H,15,16,17). The molecule has 0 amide bonds.